The van der Waals surface area contributed by atoms with E-state index in [1.54, 1.807) is 0 Å². The van der Waals surface area contributed by atoms with E-state index in [0.717, 1.165) is 19.4 Å². The van der Waals surface area contributed by atoms with Gasteiger partial charge in [0.05, 0.1) is 12.0 Å². The van der Waals surface area contributed by atoms with Gasteiger partial charge in [0.2, 0.25) is 0 Å². The second-order valence-corrected chi connectivity index (χ2v) is 3.80. The molecule has 0 N–H and O–H groups in total. The van der Waals surface area contributed by atoms with Gasteiger partial charge in [0, 0.05) is 19.3 Å². The summed E-state index contributed by atoms with van der Waals surface area (Å²) >= 11 is 0. The van der Waals surface area contributed by atoms with Gasteiger partial charge in [-0.25, -0.2) is 0 Å². The number of hydrogen-bond acceptors (Lipinski definition) is 2. The number of fused-ring (bicyclic) bond motifs is 1. The highest BCUT2D eigenvalue weighted by Gasteiger charge is 2.19. The summed E-state index contributed by atoms with van der Waals surface area (Å²) in [7, 11) is 2.10. The second-order valence-electron chi connectivity index (χ2n) is 3.80. The summed E-state index contributed by atoms with van der Waals surface area (Å²) in [5.74, 6) is 0.0798. The van der Waals surface area contributed by atoms with Crippen LogP contribution in [0.4, 0.5) is 5.69 Å². The number of hydrogen-bond donors (Lipinski definition) is 0. The lowest BCUT2D eigenvalue weighted by atomic mass is 9.96. The summed E-state index contributed by atoms with van der Waals surface area (Å²) in [6, 6.07) is 10.6. The van der Waals surface area contributed by atoms with Crippen molar-refractivity contribution >= 4 is 5.69 Å². The molecule has 0 amide bonds. The first-order valence-corrected chi connectivity index (χ1v) is 5.02. The largest absolute Gasteiger partial charge is 0.374 e. The third-order valence-corrected chi connectivity index (χ3v) is 2.87. The van der Waals surface area contributed by atoms with E-state index in [9.17, 15) is 0 Å². The average molecular weight is 186 g/mol. The number of benzene rings is 1. The Kier molecular flexibility index (Phi) is 2.41. The fourth-order valence-electron chi connectivity index (χ4n) is 2.07. The molecule has 1 unspecified atom stereocenters. The van der Waals surface area contributed by atoms with E-state index in [0.29, 0.717) is 0 Å². The molecule has 2 nitrogen and oxygen atoms in total. The SMILES string of the molecule is CN1CCCC(C#N)c2ccccc21. The predicted octanol–water partition coefficient (Wildman–Crippen LogP) is 2.52. The molecule has 0 spiro atoms. The van der Waals surface area contributed by atoms with E-state index < -0.39 is 0 Å². The van der Waals surface area contributed by atoms with Crippen LogP contribution < -0.4 is 4.90 Å². The zero-order valence-corrected chi connectivity index (χ0v) is 8.40. The molecule has 0 aromatic heterocycles. The Labute approximate surface area is 84.8 Å². The Morgan fingerprint density at radius 3 is 3.00 bits per heavy atom. The van der Waals surface area contributed by atoms with E-state index in [-0.39, 0.29) is 5.92 Å². The van der Waals surface area contributed by atoms with E-state index in [1.807, 2.05) is 12.1 Å². The van der Waals surface area contributed by atoms with Crippen LogP contribution in [0.3, 0.4) is 0 Å². The van der Waals surface area contributed by atoms with Crippen LogP contribution in [0, 0.1) is 11.3 Å². The normalized spacial score (nSPS) is 20.9. The van der Waals surface area contributed by atoms with Crippen molar-refractivity contribution in [1.29, 1.82) is 5.26 Å². The van der Waals surface area contributed by atoms with Crippen molar-refractivity contribution in [3.63, 3.8) is 0 Å². The molecule has 1 aliphatic heterocycles. The highest BCUT2D eigenvalue weighted by molar-refractivity contribution is 5.56. The minimum Gasteiger partial charge on any atom is -0.374 e. The van der Waals surface area contributed by atoms with Gasteiger partial charge in [-0.3, -0.25) is 0 Å². The molecule has 0 fully saturated rings. The molecule has 0 saturated heterocycles. The molecule has 1 aromatic rings. The summed E-state index contributed by atoms with van der Waals surface area (Å²) in [6.45, 7) is 1.05. The first-order valence-electron chi connectivity index (χ1n) is 5.02. The van der Waals surface area contributed by atoms with Gasteiger partial charge in [-0.15, -0.1) is 0 Å². The van der Waals surface area contributed by atoms with E-state index in [2.05, 4.69) is 30.1 Å². The highest BCUT2D eigenvalue weighted by Crippen LogP contribution is 2.32. The summed E-state index contributed by atoms with van der Waals surface area (Å²) in [6.07, 6.45) is 2.08. The summed E-state index contributed by atoms with van der Waals surface area (Å²) in [4.78, 5) is 2.24. The lowest BCUT2D eigenvalue weighted by molar-refractivity contribution is 0.705. The molecule has 72 valence electrons. The van der Waals surface area contributed by atoms with Gasteiger partial charge >= 0.3 is 0 Å². The van der Waals surface area contributed by atoms with Crippen molar-refractivity contribution < 1.29 is 0 Å². The lowest BCUT2D eigenvalue weighted by Crippen LogP contribution is -2.17. The molecule has 0 aliphatic carbocycles. The maximum atomic E-state index is 9.08. The molecule has 14 heavy (non-hydrogen) atoms. The number of nitrogens with zero attached hydrogens (tertiary/aromatic N) is 2. The number of rotatable bonds is 0. The molecular weight excluding hydrogens is 172 g/mol. The quantitative estimate of drug-likeness (QED) is 0.622. The van der Waals surface area contributed by atoms with Crippen LogP contribution in [0.15, 0.2) is 24.3 Å². The maximum absolute atomic E-state index is 9.08. The Hall–Kier alpha value is -1.49. The molecule has 2 rings (SSSR count). The highest BCUT2D eigenvalue weighted by atomic mass is 15.1. The number of nitriles is 1. The fourth-order valence-corrected chi connectivity index (χ4v) is 2.07. The summed E-state index contributed by atoms with van der Waals surface area (Å²) in [5, 5.41) is 9.08. The number of para-hydroxylation sites is 1. The molecule has 0 saturated carbocycles. The van der Waals surface area contributed by atoms with Gasteiger partial charge in [-0.1, -0.05) is 18.2 Å². The van der Waals surface area contributed by atoms with E-state index in [1.165, 1.54) is 11.3 Å². The average Bonchev–Trinajstić information content (AvgIpc) is 2.39. The van der Waals surface area contributed by atoms with Gasteiger partial charge < -0.3 is 4.90 Å². The zero-order valence-electron chi connectivity index (χ0n) is 8.40. The summed E-state index contributed by atoms with van der Waals surface area (Å²) in [5.41, 5.74) is 2.41. The van der Waals surface area contributed by atoms with Crippen molar-refractivity contribution in [3.05, 3.63) is 29.8 Å². The molecule has 1 aromatic carbocycles. The monoisotopic (exact) mass is 186 g/mol. The summed E-state index contributed by atoms with van der Waals surface area (Å²) < 4.78 is 0. The van der Waals surface area contributed by atoms with Crippen LogP contribution in [-0.2, 0) is 0 Å². The molecule has 0 radical (unpaired) electrons. The minimum absolute atomic E-state index is 0.0798. The van der Waals surface area contributed by atoms with Crippen molar-refractivity contribution in [2.75, 3.05) is 18.5 Å². The van der Waals surface area contributed by atoms with Gasteiger partial charge in [0.25, 0.3) is 0 Å². The van der Waals surface area contributed by atoms with Crippen molar-refractivity contribution in [2.45, 2.75) is 18.8 Å². The van der Waals surface area contributed by atoms with Crippen LogP contribution in [0.5, 0.6) is 0 Å². The topological polar surface area (TPSA) is 27.0 Å². The minimum atomic E-state index is 0.0798. The van der Waals surface area contributed by atoms with Crippen molar-refractivity contribution in [2.24, 2.45) is 0 Å². The molecule has 1 atom stereocenters. The second kappa shape index (κ2) is 3.71. The first-order chi connectivity index (χ1) is 6.83. The third kappa shape index (κ3) is 1.46. The maximum Gasteiger partial charge on any atom is 0.0733 e. The molecule has 0 bridgehead atoms. The number of anilines is 1. The third-order valence-electron chi connectivity index (χ3n) is 2.87. The Balaban J connectivity index is 2.48. The van der Waals surface area contributed by atoms with Crippen LogP contribution in [0.2, 0.25) is 0 Å². The first kappa shape index (κ1) is 9.08. The molecule has 1 aliphatic rings. The predicted molar refractivity (Wildman–Crippen MR) is 57.3 cm³/mol. The molecule has 1 heterocycles. The lowest BCUT2D eigenvalue weighted by Gasteiger charge is -2.19. The Morgan fingerprint density at radius 1 is 1.43 bits per heavy atom. The Bertz CT molecular complexity index is 365. The van der Waals surface area contributed by atoms with Crippen LogP contribution in [-0.4, -0.2) is 13.6 Å². The van der Waals surface area contributed by atoms with Crippen molar-refractivity contribution in [1.82, 2.24) is 0 Å². The van der Waals surface area contributed by atoms with Crippen LogP contribution in [0.25, 0.3) is 0 Å². The van der Waals surface area contributed by atoms with Gasteiger partial charge in [0.1, 0.15) is 0 Å². The molecular formula is C12H14N2. The fraction of sp³-hybridized carbons (Fsp3) is 0.417. The van der Waals surface area contributed by atoms with Gasteiger partial charge in [-0.2, -0.15) is 5.26 Å². The zero-order chi connectivity index (χ0) is 9.97. The molecule has 2 heteroatoms. The van der Waals surface area contributed by atoms with Crippen LogP contribution in [0.1, 0.15) is 24.3 Å². The van der Waals surface area contributed by atoms with Gasteiger partial charge in [-0.05, 0) is 24.5 Å². The standard InChI is InChI=1S/C12H14N2/c1-14-8-4-5-10(9-13)11-6-2-3-7-12(11)14/h2-3,6-7,10H,4-5,8H2,1H3. The Morgan fingerprint density at radius 2 is 2.21 bits per heavy atom. The smallest absolute Gasteiger partial charge is 0.0733 e. The van der Waals surface area contributed by atoms with Crippen LogP contribution >= 0.6 is 0 Å². The van der Waals surface area contributed by atoms with E-state index >= 15 is 0 Å². The van der Waals surface area contributed by atoms with Gasteiger partial charge in [0.15, 0.2) is 0 Å². The van der Waals surface area contributed by atoms with Crippen molar-refractivity contribution in [3.8, 4) is 6.07 Å². The van der Waals surface area contributed by atoms with E-state index in [4.69, 9.17) is 5.26 Å².